The maximum atomic E-state index is 10.4. The molecule has 0 aliphatic rings. The molecule has 0 aliphatic carbocycles. The van der Waals surface area contributed by atoms with Crippen LogP contribution < -0.4 is 0 Å². The Hall–Kier alpha value is -2.78. The van der Waals surface area contributed by atoms with E-state index in [4.69, 9.17) is 21.0 Å². The van der Waals surface area contributed by atoms with Gasteiger partial charge in [-0.1, -0.05) is 0 Å². The van der Waals surface area contributed by atoms with Gasteiger partial charge >= 0.3 is 11.9 Å². The number of nitrogens with zero attached hydrogens (tertiary/aromatic N) is 4. The highest BCUT2D eigenvalue weighted by Crippen LogP contribution is 2.18. The molecule has 0 rings (SSSR count). The van der Waals surface area contributed by atoms with Gasteiger partial charge in [-0.3, -0.25) is 20.4 Å². The molecule has 10 nitrogen and oxygen atoms in total. The van der Waals surface area contributed by atoms with E-state index in [1.165, 1.54) is 0 Å². The summed E-state index contributed by atoms with van der Waals surface area (Å²) in [4.78, 5) is 28.3. The van der Waals surface area contributed by atoms with Crippen molar-refractivity contribution in [2.75, 3.05) is 0 Å². The third-order valence-electron chi connectivity index (χ3n) is 2.68. The van der Waals surface area contributed by atoms with E-state index in [0.29, 0.717) is 0 Å². The Balaban J connectivity index is 4.98. The summed E-state index contributed by atoms with van der Waals surface area (Å²) in [5, 5.41) is 40.7. The first-order valence-electron chi connectivity index (χ1n) is 6.99. The van der Waals surface area contributed by atoms with Crippen LogP contribution in [0.4, 0.5) is 0 Å². The predicted octanol–water partition coefficient (Wildman–Crippen LogP) is 2.04. The average Bonchev–Trinajstić information content (AvgIpc) is 2.44. The first-order valence-corrected chi connectivity index (χ1v) is 6.99. The lowest BCUT2D eigenvalue weighted by molar-refractivity contribution is -0.136. The molecule has 24 heavy (non-hydrogen) atoms. The van der Waals surface area contributed by atoms with E-state index in [9.17, 15) is 9.59 Å². The van der Waals surface area contributed by atoms with E-state index in [1.807, 2.05) is 0 Å². The second kappa shape index (κ2) is 8.75. The summed E-state index contributed by atoms with van der Waals surface area (Å²) < 4.78 is 0. The fourth-order valence-corrected chi connectivity index (χ4v) is 1.09. The number of carboxylic acid groups (broad SMARTS) is 2. The van der Waals surface area contributed by atoms with Crippen LogP contribution in [0.3, 0.4) is 0 Å². The molecule has 0 fully saturated rings. The molecule has 10 heteroatoms. The number of azo groups is 1. The van der Waals surface area contributed by atoms with E-state index >= 15 is 0 Å². The van der Waals surface area contributed by atoms with Crippen molar-refractivity contribution < 1.29 is 19.8 Å². The quantitative estimate of drug-likeness (QED) is 0.301. The fraction of sp³-hybridized carbons (Fsp3) is 0.571. The Morgan fingerprint density at radius 2 is 1.12 bits per heavy atom. The Morgan fingerprint density at radius 3 is 1.38 bits per heavy atom. The monoisotopic (exact) mass is 338 g/mol. The van der Waals surface area contributed by atoms with Gasteiger partial charge in [0, 0.05) is 12.4 Å². The molecule has 0 saturated carbocycles. The minimum atomic E-state index is -1.11. The largest absolute Gasteiger partial charge is 0.481 e. The van der Waals surface area contributed by atoms with E-state index in [0.717, 1.165) is 12.4 Å². The predicted molar refractivity (Wildman–Crippen MR) is 90.0 cm³/mol. The second-order valence-corrected chi connectivity index (χ2v) is 5.83. The van der Waals surface area contributed by atoms with Gasteiger partial charge in [-0.15, -0.1) is 0 Å². The zero-order valence-electron chi connectivity index (χ0n) is 14.1. The van der Waals surface area contributed by atoms with Gasteiger partial charge in [-0.25, -0.2) is 9.98 Å². The normalized spacial score (nSPS) is 13.0. The highest BCUT2D eigenvalue weighted by Gasteiger charge is 2.28. The zero-order chi connectivity index (χ0) is 19.0. The maximum Gasteiger partial charge on any atom is 0.308 e. The topological polar surface area (TPSA) is 172 Å². The minimum Gasteiger partial charge on any atom is -0.481 e. The molecule has 0 amide bonds. The van der Waals surface area contributed by atoms with E-state index in [2.05, 4.69) is 20.2 Å². The van der Waals surface area contributed by atoms with Crippen molar-refractivity contribution in [3.8, 4) is 0 Å². The van der Waals surface area contributed by atoms with Crippen molar-refractivity contribution in [2.45, 2.75) is 51.6 Å². The number of nitrogens with one attached hydrogen (secondary N) is 2. The number of amidine groups is 2. The van der Waals surface area contributed by atoms with E-state index < -0.39 is 23.0 Å². The SMILES string of the molecule is CC(C)(N=NC(C)(C)C(=N)N=CCC(=O)O)C(=N)N=CCC(=O)O. The van der Waals surface area contributed by atoms with Crippen LogP contribution in [0.15, 0.2) is 20.2 Å². The molecule has 0 bridgehead atoms. The van der Waals surface area contributed by atoms with Gasteiger partial charge in [0.05, 0.1) is 12.8 Å². The smallest absolute Gasteiger partial charge is 0.308 e. The van der Waals surface area contributed by atoms with Crippen LogP contribution in [0.5, 0.6) is 0 Å². The Kier molecular flexibility index (Phi) is 7.74. The van der Waals surface area contributed by atoms with E-state index in [1.54, 1.807) is 27.7 Å². The van der Waals surface area contributed by atoms with Gasteiger partial charge in [-0.2, -0.15) is 10.2 Å². The third-order valence-corrected chi connectivity index (χ3v) is 2.68. The van der Waals surface area contributed by atoms with Crippen LogP contribution in [0.1, 0.15) is 40.5 Å². The van der Waals surface area contributed by atoms with Gasteiger partial charge < -0.3 is 10.2 Å². The lowest BCUT2D eigenvalue weighted by atomic mass is 10.0. The summed E-state index contributed by atoms with van der Waals surface area (Å²) in [7, 11) is 0. The fourth-order valence-electron chi connectivity index (χ4n) is 1.09. The van der Waals surface area contributed by atoms with Crippen molar-refractivity contribution in [2.24, 2.45) is 20.2 Å². The second-order valence-electron chi connectivity index (χ2n) is 5.83. The number of hydrogen-bond donors (Lipinski definition) is 4. The first kappa shape index (κ1) is 21.2. The minimum absolute atomic E-state index is 0.177. The lowest BCUT2D eigenvalue weighted by Gasteiger charge is -2.21. The van der Waals surface area contributed by atoms with Crippen molar-refractivity contribution in [3.05, 3.63) is 0 Å². The van der Waals surface area contributed by atoms with E-state index in [-0.39, 0.29) is 24.5 Å². The number of carbonyl (C=O) groups is 2. The number of hydrogen-bond acceptors (Lipinski definition) is 6. The summed E-state index contributed by atoms with van der Waals surface area (Å²) in [6.45, 7) is 6.29. The van der Waals surface area contributed by atoms with Crippen molar-refractivity contribution in [1.29, 1.82) is 10.8 Å². The Labute approximate surface area is 139 Å². The molecule has 0 aromatic heterocycles. The van der Waals surface area contributed by atoms with Crippen molar-refractivity contribution in [3.63, 3.8) is 0 Å². The third kappa shape index (κ3) is 8.01. The van der Waals surface area contributed by atoms with Crippen LogP contribution >= 0.6 is 0 Å². The van der Waals surface area contributed by atoms with Gasteiger partial charge in [0.25, 0.3) is 0 Å². The Bertz CT molecular complexity index is 552. The summed E-state index contributed by atoms with van der Waals surface area (Å²) in [5.41, 5.74) is -2.23. The summed E-state index contributed by atoms with van der Waals surface area (Å²) >= 11 is 0. The molecule has 0 spiro atoms. The van der Waals surface area contributed by atoms with Crippen LogP contribution in [-0.2, 0) is 9.59 Å². The molecule has 0 unspecified atom stereocenters. The molecule has 132 valence electrons. The molecular formula is C14H22N6O4. The molecule has 4 N–H and O–H groups in total. The zero-order valence-corrected chi connectivity index (χ0v) is 14.1. The molecule has 0 aromatic rings. The number of carboxylic acids is 2. The summed E-state index contributed by atoms with van der Waals surface area (Å²) in [5.74, 6) is -2.46. The van der Waals surface area contributed by atoms with Gasteiger partial charge in [0.2, 0.25) is 0 Å². The molecule has 0 aliphatic heterocycles. The average molecular weight is 338 g/mol. The summed E-state index contributed by atoms with van der Waals surface area (Å²) in [6, 6.07) is 0. The standard InChI is InChI=1S/C14H22N6O4/c1-13(2,11(15)17-7-5-9(21)22)19-20-14(3,4)12(16)18-8-6-10(23)24/h7-8,15-16H,5-6H2,1-4H3,(H,21,22)(H,23,24). The highest BCUT2D eigenvalue weighted by atomic mass is 16.4. The van der Waals surface area contributed by atoms with Crippen LogP contribution in [-0.4, -0.2) is 57.3 Å². The molecule has 0 aromatic carbocycles. The van der Waals surface area contributed by atoms with Gasteiger partial charge in [0.15, 0.2) is 0 Å². The molecule has 0 saturated heterocycles. The van der Waals surface area contributed by atoms with Gasteiger partial charge in [-0.05, 0) is 27.7 Å². The van der Waals surface area contributed by atoms with Crippen LogP contribution in [0.25, 0.3) is 0 Å². The molecule has 0 atom stereocenters. The molecular weight excluding hydrogens is 316 g/mol. The van der Waals surface area contributed by atoms with Crippen molar-refractivity contribution in [1.82, 2.24) is 0 Å². The number of rotatable bonds is 8. The molecule has 0 radical (unpaired) electrons. The highest BCUT2D eigenvalue weighted by molar-refractivity contribution is 5.98. The maximum absolute atomic E-state index is 10.4. The Morgan fingerprint density at radius 1 is 0.833 bits per heavy atom. The number of aliphatic imine (C=N–C) groups is 2. The lowest BCUT2D eigenvalue weighted by Crippen LogP contribution is -2.31. The first-order chi connectivity index (χ1) is 10.9. The summed E-state index contributed by atoms with van der Waals surface area (Å²) in [6.07, 6.45) is 1.60. The van der Waals surface area contributed by atoms with Crippen LogP contribution in [0.2, 0.25) is 0 Å². The van der Waals surface area contributed by atoms with Crippen LogP contribution in [0, 0.1) is 10.8 Å². The van der Waals surface area contributed by atoms with Gasteiger partial charge in [0.1, 0.15) is 22.7 Å². The van der Waals surface area contributed by atoms with Crippen molar-refractivity contribution >= 4 is 36.0 Å². The molecule has 0 heterocycles. The number of aliphatic carboxylic acids is 2.